The Labute approximate surface area is 221 Å². The normalized spacial score (nSPS) is 16.8. The quantitative estimate of drug-likeness (QED) is 0.154. The van der Waals surface area contributed by atoms with Crippen LogP contribution < -0.4 is 4.74 Å². The molecular weight excluding hydrogens is 478 g/mol. The minimum atomic E-state index is -0.766. The summed E-state index contributed by atoms with van der Waals surface area (Å²) in [5.41, 5.74) is 4.37. The molecule has 1 aliphatic rings. The Morgan fingerprint density at radius 3 is 2.47 bits per heavy atom. The zero-order chi connectivity index (χ0) is 26.8. The third-order valence-corrected chi connectivity index (χ3v) is 6.90. The van der Waals surface area contributed by atoms with Crippen LogP contribution in [-0.4, -0.2) is 44.2 Å². The van der Waals surface area contributed by atoms with Gasteiger partial charge in [0.15, 0.2) is 5.76 Å². The summed E-state index contributed by atoms with van der Waals surface area (Å²) >= 11 is 0. The highest BCUT2D eigenvalue weighted by atomic mass is 16.5. The number of aliphatic hydroxyl groups excluding tert-OH is 1. The SMILES string of the molecule is C=CCOc1ccc(C2C(=C(O)c3nc4c(C)cccn4c3C)C(=O)C(=O)N2CCc2ccccc2)cc1. The summed E-state index contributed by atoms with van der Waals surface area (Å²) in [6.45, 7) is 8.11. The molecule has 1 aliphatic heterocycles. The van der Waals surface area contributed by atoms with Crippen LogP contribution in [0.3, 0.4) is 0 Å². The summed E-state index contributed by atoms with van der Waals surface area (Å²) in [5, 5.41) is 11.6. The summed E-state index contributed by atoms with van der Waals surface area (Å²) in [4.78, 5) is 33.0. The molecule has 5 rings (SSSR count). The molecule has 0 bridgehead atoms. The van der Waals surface area contributed by atoms with E-state index >= 15 is 0 Å². The van der Waals surface area contributed by atoms with Crippen LogP contribution in [0.25, 0.3) is 11.4 Å². The van der Waals surface area contributed by atoms with Crippen molar-refractivity contribution in [2.75, 3.05) is 13.2 Å². The molecule has 1 N–H and O–H groups in total. The average molecular weight is 508 g/mol. The van der Waals surface area contributed by atoms with E-state index < -0.39 is 17.7 Å². The summed E-state index contributed by atoms with van der Waals surface area (Å²) in [7, 11) is 0. The Balaban J connectivity index is 1.61. The minimum Gasteiger partial charge on any atom is -0.505 e. The molecule has 3 heterocycles. The molecular formula is C31H29N3O4. The van der Waals surface area contributed by atoms with Gasteiger partial charge < -0.3 is 19.1 Å². The van der Waals surface area contributed by atoms with Crippen molar-refractivity contribution in [3.63, 3.8) is 0 Å². The van der Waals surface area contributed by atoms with Crippen LogP contribution in [-0.2, 0) is 16.0 Å². The number of Topliss-reactive ketones (excluding diaryl/α,β-unsaturated/α-hetero) is 1. The van der Waals surface area contributed by atoms with E-state index in [4.69, 9.17) is 4.74 Å². The predicted octanol–water partition coefficient (Wildman–Crippen LogP) is 5.18. The fraction of sp³-hybridized carbons (Fsp3) is 0.194. The summed E-state index contributed by atoms with van der Waals surface area (Å²) in [6.07, 6.45) is 4.09. The molecule has 7 heteroatoms. The lowest BCUT2D eigenvalue weighted by molar-refractivity contribution is -0.139. The van der Waals surface area contributed by atoms with E-state index in [0.29, 0.717) is 42.2 Å². The second kappa shape index (κ2) is 10.4. The van der Waals surface area contributed by atoms with Crippen molar-refractivity contribution in [3.8, 4) is 5.75 Å². The number of hydrogen-bond acceptors (Lipinski definition) is 5. The molecule has 4 aromatic rings. The standard InChI is InChI=1S/C31H29N3O4/c1-4-19-38-24-14-12-23(13-15-24)27-25(28(35)26-21(3)33-17-8-9-20(2)30(33)32-26)29(36)31(37)34(27)18-16-22-10-6-5-7-11-22/h4-15,17,27,35H,1,16,18-19H2,2-3H3. The van der Waals surface area contributed by atoms with Gasteiger partial charge in [0.2, 0.25) is 0 Å². The Morgan fingerprint density at radius 1 is 1.05 bits per heavy atom. The van der Waals surface area contributed by atoms with Crippen LogP contribution in [0.15, 0.2) is 91.2 Å². The van der Waals surface area contributed by atoms with Gasteiger partial charge in [0.1, 0.15) is 23.7 Å². The van der Waals surface area contributed by atoms with Crippen LogP contribution in [0.4, 0.5) is 0 Å². The van der Waals surface area contributed by atoms with Gasteiger partial charge in [-0.1, -0.05) is 61.2 Å². The van der Waals surface area contributed by atoms with Crippen molar-refractivity contribution in [2.24, 2.45) is 0 Å². The summed E-state index contributed by atoms with van der Waals surface area (Å²) in [6, 6.07) is 20.1. The van der Waals surface area contributed by atoms with E-state index in [1.165, 1.54) is 4.90 Å². The number of carbonyl (C=O) groups is 2. The first kappa shape index (κ1) is 25.0. The third kappa shape index (κ3) is 4.47. The highest BCUT2D eigenvalue weighted by molar-refractivity contribution is 6.46. The van der Waals surface area contributed by atoms with E-state index in [1.807, 2.05) is 79.0 Å². The molecule has 1 amide bonds. The number of amides is 1. The van der Waals surface area contributed by atoms with E-state index in [-0.39, 0.29) is 17.0 Å². The van der Waals surface area contributed by atoms with Crippen molar-refractivity contribution < 1.29 is 19.4 Å². The minimum absolute atomic E-state index is 0.0342. The second-order valence-electron chi connectivity index (χ2n) is 9.33. The smallest absolute Gasteiger partial charge is 0.295 e. The summed E-state index contributed by atoms with van der Waals surface area (Å²) in [5.74, 6) is -0.998. The number of pyridine rings is 1. The van der Waals surface area contributed by atoms with Crippen LogP contribution in [0.1, 0.15) is 34.1 Å². The van der Waals surface area contributed by atoms with Crippen molar-refractivity contribution in [1.29, 1.82) is 0 Å². The second-order valence-corrected chi connectivity index (χ2v) is 9.33. The number of ketones is 1. The maximum absolute atomic E-state index is 13.4. The van der Waals surface area contributed by atoms with Crippen molar-refractivity contribution in [3.05, 3.63) is 119 Å². The first-order chi connectivity index (χ1) is 18.4. The maximum atomic E-state index is 13.4. The first-order valence-electron chi connectivity index (χ1n) is 12.5. The Kier molecular flexibility index (Phi) is 6.83. The van der Waals surface area contributed by atoms with Gasteiger partial charge in [-0.2, -0.15) is 0 Å². The fourth-order valence-corrected chi connectivity index (χ4v) is 4.93. The van der Waals surface area contributed by atoms with Crippen LogP contribution >= 0.6 is 0 Å². The van der Waals surface area contributed by atoms with Gasteiger partial charge >= 0.3 is 0 Å². The topological polar surface area (TPSA) is 84.1 Å². The number of rotatable bonds is 8. The molecule has 1 fully saturated rings. The summed E-state index contributed by atoms with van der Waals surface area (Å²) < 4.78 is 7.48. The van der Waals surface area contributed by atoms with Gasteiger partial charge in [-0.25, -0.2) is 4.98 Å². The molecule has 0 saturated carbocycles. The molecule has 1 atom stereocenters. The monoisotopic (exact) mass is 507 g/mol. The lowest BCUT2D eigenvalue weighted by Crippen LogP contribution is -2.31. The molecule has 2 aromatic heterocycles. The van der Waals surface area contributed by atoms with E-state index in [9.17, 15) is 14.7 Å². The Hall–Kier alpha value is -4.65. The van der Waals surface area contributed by atoms with Gasteiger partial charge in [0.25, 0.3) is 11.7 Å². The number of fused-ring (bicyclic) bond motifs is 1. The van der Waals surface area contributed by atoms with Crippen LogP contribution in [0.5, 0.6) is 5.75 Å². The zero-order valence-electron chi connectivity index (χ0n) is 21.4. The van der Waals surface area contributed by atoms with Crippen molar-refractivity contribution in [1.82, 2.24) is 14.3 Å². The first-order valence-corrected chi connectivity index (χ1v) is 12.5. The predicted molar refractivity (Wildman–Crippen MR) is 146 cm³/mol. The number of aryl methyl sites for hydroxylation is 2. The maximum Gasteiger partial charge on any atom is 0.295 e. The van der Waals surface area contributed by atoms with Crippen molar-refractivity contribution in [2.45, 2.75) is 26.3 Å². The highest BCUT2D eigenvalue weighted by Gasteiger charge is 2.46. The third-order valence-electron chi connectivity index (χ3n) is 6.90. The van der Waals surface area contributed by atoms with Gasteiger partial charge in [-0.3, -0.25) is 9.59 Å². The van der Waals surface area contributed by atoms with E-state index in [1.54, 1.807) is 18.2 Å². The van der Waals surface area contributed by atoms with E-state index in [2.05, 4.69) is 11.6 Å². The number of imidazole rings is 1. The number of ether oxygens (including phenoxy) is 1. The molecule has 0 aliphatic carbocycles. The van der Waals surface area contributed by atoms with Crippen molar-refractivity contribution >= 4 is 23.1 Å². The number of nitrogens with zero attached hydrogens (tertiary/aromatic N) is 3. The van der Waals surface area contributed by atoms with Crippen LogP contribution in [0.2, 0.25) is 0 Å². The van der Waals surface area contributed by atoms with Gasteiger partial charge in [-0.15, -0.1) is 0 Å². The molecule has 1 unspecified atom stereocenters. The molecule has 0 spiro atoms. The van der Waals surface area contributed by atoms with Gasteiger partial charge in [-0.05, 0) is 55.2 Å². The number of benzene rings is 2. The number of carbonyl (C=O) groups excluding carboxylic acids is 2. The number of likely N-dealkylation sites (tertiary alicyclic amines) is 1. The lowest BCUT2D eigenvalue weighted by Gasteiger charge is -2.25. The molecule has 0 radical (unpaired) electrons. The zero-order valence-corrected chi connectivity index (χ0v) is 21.4. The molecule has 38 heavy (non-hydrogen) atoms. The fourth-order valence-electron chi connectivity index (χ4n) is 4.93. The number of hydrogen-bond donors (Lipinski definition) is 1. The number of aromatic nitrogens is 2. The highest BCUT2D eigenvalue weighted by Crippen LogP contribution is 2.40. The molecule has 1 saturated heterocycles. The van der Waals surface area contributed by atoms with E-state index in [0.717, 1.165) is 11.1 Å². The molecule has 7 nitrogen and oxygen atoms in total. The average Bonchev–Trinajstić information content (AvgIpc) is 3.41. The number of aliphatic hydroxyl groups is 1. The molecule has 192 valence electrons. The van der Waals surface area contributed by atoms with Gasteiger partial charge in [0, 0.05) is 12.7 Å². The Bertz CT molecular complexity index is 1550. The lowest BCUT2D eigenvalue weighted by atomic mass is 9.96. The molecule has 2 aromatic carbocycles. The Morgan fingerprint density at radius 2 is 1.79 bits per heavy atom. The van der Waals surface area contributed by atoms with Crippen LogP contribution in [0, 0.1) is 13.8 Å². The largest absolute Gasteiger partial charge is 0.505 e. The van der Waals surface area contributed by atoms with Gasteiger partial charge in [0.05, 0.1) is 17.3 Å².